The van der Waals surface area contributed by atoms with Gasteiger partial charge in [-0.05, 0) is 25.1 Å². The maximum absolute atomic E-state index is 12.6. The molecule has 5 nitrogen and oxygen atoms in total. The van der Waals surface area contributed by atoms with Gasteiger partial charge in [0.05, 0.1) is 15.5 Å². The van der Waals surface area contributed by atoms with Crippen LogP contribution in [0, 0.1) is 0 Å². The molecule has 1 rings (SSSR count). The van der Waals surface area contributed by atoms with Gasteiger partial charge in [0.25, 0.3) is 10.1 Å². The lowest BCUT2D eigenvalue weighted by atomic mass is 10.2. The average Bonchev–Trinajstić information content (AvgIpc) is 2.26. The standard InChI is InChI=1S/C10H8ClF3O5S/c1-5(9(15)16)19-20(17,18)6-2-3-8(11)7(4-6)10(12,13)14/h2-5H,1H3,(H,15,16)/t5-/m0/s1. The first-order chi connectivity index (χ1) is 8.95. The van der Waals surface area contributed by atoms with E-state index >= 15 is 0 Å². The predicted octanol–water partition coefficient (Wildman–Crippen LogP) is 2.54. The molecule has 0 bridgehead atoms. The molecule has 0 saturated heterocycles. The van der Waals surface area contributed by atoms with Crippen LogP contribution in [0.1, 0.15) is 12.5 Å². The van der Waals surface area contributed by atoms with Crippen LogP contribution in [0.25, 0.3) is 0 Å². The summed E-state index contributed by atoms with van der Waals surface area (Å²) in [6.07, 6.45) is -6.58. The molecule has 0 aromatic heterocycles. The Morgan fingerprint density at radius 2 is 1.95 bits per heavy atom. The molecular weight excluding hydrogens is 325 g/mol. The van der Waals surface area contributed by atoms with Crippen molar-refractivity contribution in [2.75, 3.05) is 0 Å². The van der Waals surface area contributed by atoms with Crippen LogP contribution in [0.4, 0.5) is 13.2 Å². The number of hydrogen-bond acceptors (Lipinski definition) is 4. The van der Waals surface area contributed by atoms with Gasteiger partial charge in [0, 0.05) is 0 Å². The number of carboxylic acids is 1. The highest BCUT2D eigenvalue weighted by molar-refractivity contribution is 7.86. The maximum Gasteiger partial charge on any atom is 0.417 e. The summed E-state index contributed by atoms with van der Waals surface area (Å²) in [7, 11) is -4.64. The van der Waals surface area contributed by atoms with Gasteiger partial charge in [0.15, 0.2) is 6.10 Å². The van der Waals surface area contributed by atoms with Crippen LogP contribution in [-0.2, 0) is 25.3 Å². The Morgan fingerprint density at radius 1 is 1.40 bits per heavy atom. The lowest BCUT2D eigenvalue weighted by molar-refractivity contribution is -0.144. The fraction of sp³-hybridized carbons (Fsp3) is 0.300. The zero-order valence-corrected chi connectivity index (χ0v) is 11.4. The minimum absolute atomic E-state index is 0.284. The highest BCUT2D eigenvalue weighted by Gasteiger charge is 2.35. The van der Waals surface area contributed by atoms with Crippen molar-refractivity contribution >= 4 is 27.7 Å². The molecule has 0 aliphatic carbocycles. The van der Waals surface area contributed by atoms with Gasteiger partial charge in [-0.2, -0.15) is 21.6 Å². The second-order valence-electron chi connectivity index (χ2n) is 3.67. The van der Waals surface area contributed by atoms with Gasteiger partial charge in [-0.15, -0.1) is 0 Å². The van der Waals surface area contributed by atoms with Gasteiger partial charge in [0.1, 0.15) is 0 Å². The molecule has 0 heterocycles. The summed E-state index contributed by atoms with van der Waals surface area (Å²) in [5.41, 5.74) is -1.35. The second kappa shape index (κ2) is 5.58. The summed E-state index contributed by atoms with van der Waals surface area (Å²) < 4.78 is 65.3. The molecule has 1 aromatic rings. The normalized spacial score (nSPS) is 14.1. The number of rotatable bonds is 4. The van der Waals surface area contributed by atoms with Crippen molar-refractivity contribution in [3.8, 4) is 0 Å². The quantitative estimate of drug-likeness (QED) is 0.857. The molecule has 1 atom stereocenters. The van der Waals surface area contributed by atoms with Crippen molar-refractivity contribution in [3.63, 3.8) is 0 Å². The summed E-state index contributed by atoms with van der Waals surface area (Å²) in [6.45, 7) is 0.931. The predicted molar refractivity (Wildman–Crippen MR) is 61.8 cm³/mol. The fourth-order valence-electron chi connectivity index (χ4n) is 1.16. The number of aliphatic carboxylic acids is 1. The molecule has 112 valence electrons. The molecule has 0 spiro atoms. The zero-order valence-electron chi connectivity index (χ0n) is 9.81. The molecule has 0 aliphatic heterocycles. The first-order valence-corrected chi connectivity index (χ1v) is 6.76. The lowest BCUT2D eigenvalue weighted by Gasteiger charge is -2.12. The maximum atomic E-state index is 12.6. The molecule has 0 aliphatic rings. The Labute approximate surface area is 117 Å². The third-order valence-electron chi connectivity index (χ3n) is 2.15. The zero-order chi connectivity index (χ0) is 15.7. The van der Waals surface area contributed by atoms with Crippen molar-refractivity contribution in [1.82, 2.24) is 0 Å². The number of alkyl halides is 3. The van der Waals surface area contributed by atoms with Crippen LogP contribution in [0.3, 0.4) is 0 Å². The van der Waals surface area contributed by atoms with Gasteiger partial charge in [-0.1, -0.05) is 11.6 Å². The van der Waals surface area contributed by atoms with Gasteiger partial charge < -0.3 is 5.11 Å². The molecule has 0 radical (unpaired) electrons. The molecule has 10 heteroatoms. The van der Waals surface area contributed by atoms with Gasteiger partial charge in [0.2, 0.25) is 0 Å². The minimum atomic E-state index is -4.85. The highest BCUT2D eigenvalue weighted by atomic mass is 35.5. The largest absolute Gasteiger partial charge is 0.479 e. The molecule has 0 saturated carbocycles. The number of hydrogen-bond donors (Lipinski definition) is 1. The van der Waals surface area contributed by atoms with Crippen LogP contribution in [0.5, 0.6) is 0 Å². The van der Waals surface area contributed by atoms with Crippen molar-refractivity contribution < 1.29 is 35.7 Å². The van der Waals surface area contributed by atoms with E-state index in [0.29, 0.717) is 0 Å². The summed E-state index contributed by atoms with van der Waals surface area (Å²) in [4.78, 5) is 9.67. The SMILES string of the molecule is C[C@H](OS(=O)(=O)c1ccc(Cl)c(C(F)(F)F)c1)C(=O)O. The van der Waals surface area contributed by atoms with Crippen molar-refractivity contribution in [2.45, 2.75) is 24.1 Å². The Bertz CT molecular complexity index is 626. The highest BCUT2D eigenvalue weighted by Crippen LogP contribution is 2.36. The van der Waals surface area contributed by atoms with E-state index in [0.717, 1.165) is 19.1 Å². The third kappa shape index (κ3) is 3.84. The topological polar surface area (TPSA) is 80.7 Å². The van der Waals surface area contributed by atoms with Crippen molar-refractivity contribution in [2.24, 2.45) is 0 Å². The van der Waals surface area contributed by atoms with E-state index in [1.54, 1.807) is 0 Å². The van der Waals surface area contributed by atoms with E-state index in [4.69, 9.17) is 16.7 Å². The Morgan fingerprint density at radius 3 is 2.40 bits per heavy atom. The second-order valence-corrected chi connectivity index (χ2v) is 5.65. The lowest BCUT2D eigenvalue weighted by Crippen LogP contribution is -2.24. The molecule has 0 unspecified atom stereocenters. The van der Waals surface area contributed by atoms with Gasteiger partial charge in [-0.3, -0.25) is 4.18 Å². The van der Waals surface area contributed by atoms with Crippen molar-refractivity contribution in [1.29, 1.82) is 0 Å². The summed E-state index contributed by atoms with van der Waals surface area (Å²) >= 11 is 5.34. The van der Waals surface area contributed by atoms with Crippen LogP contribution in [0.15, 0.2) is 23.1 Å². The van der Waals surface area contributed by atoms with Crippen LogP contribution >= 0.6 is 11.6 Å². The van der Waals surface area contributed by atoms with E-state index in [2.05, 4.69) is 4.18 Å². The Hall–Kier alpha value is -1.32. The Kier molecular flexibility index (Phi) is 4.67. The number of carbonyl (C=O) groups is 1. The molecule has 20 heavy (non-hydrogen) atoms. The van der Waals surface area contributed by atoms with Crippen LogP contribution in [-0.4, -0.2) is 25.6 Å². The van der Waals surface area contributed by atoms with Crippen molar-refractivity contribution in [3.05, 3.63) is 28.8 Å². The van der Waals surface area contributed by atoms with E-state index in [1.165, 1.54) is 0 Å². The molecular formula is C10H8ClF3O5S. The average molecular weight is 333 g/mol. The smallest absolute Gasteiger partial charge is 0.417 e. The summed E-state index contributed by atoms with van der Waals surface area (Å²) in [6, 6.07) is 1.82. The van der Waals surface area contributed by atoms with E-state index < -0.39 is 43.8 Å². The van der Waals surface area contributed by atoms with Gasteiger partial charge >= 0.3 is 12.1 Å². The number of halogens is 4. The first kappa shape index (κ1) is 16.7. The third-order valence-corrected chi connectivity index (χ3v) is 3.85. The number of benzene rings is 1. The fourth-order valence-corrected chi connectivity index (χ4v) is 2.46. The first-order valence-electron chi connectivity index (χ1n) is 4.98. The minimum Gasteiger partial charge on any atom is -0.479 e. The van der Waals surface area contributed by atoms with Gasteiger partial charge in [-0.25, -0.2) is 4.79 Å². The van der Waals surface area contributed by atoms with E-state index in [-0.39, 0.29) is 6.07 Å². The van der Waals surface area contributed by atoms with Crippen LogP contribution in [0.2, 0.25) is 5.02 Å². The number of carboxylic acid groups (broad SMARTS) is 1. The monoisotopic (exact) mass is 332 g/mol. The molecule has 0 fully saturated rings. The summed E-state index contributed by atoms with van der Waals surface area (Å²) in [5, 5.41) is 7.85. The van der Waals surface area contributed by atoms with E-state index in [1.807, 2.05) is 0 Å². The van der Waals surface area contributed by atoms with E-state index in [9.17, 15) is 26.4 Å². The Balaban J connectivity index is 3.24. The summed E-state index contributed by atoms with van der Waals surface area (Å²) in [5.74, 6) is -1.57. The molecule has 1 aromatic carbocycles. The molecule has 1 N–H and O–H groups in total. The molecule has 0 amide bonds. The van der Waals surface area contributed by atoms with Crippen LogP contribution < -0.4 is 0 Å².